The summed E-state index contributed by atoms with van der Waals surface area (Å²) >= 11 is 1.09. The highest BCUT2D eigenvalue weighted by atomic mass is 32.1. The van der Waals surface area contributed by atoms with E-state index in [9.17, 15) is 9.59 Å². The van der Waals surface area contributed by atoms with E-state index in [1.807, 2.05) is 13.8 Å². The molecule has 0 saturated heterocycles. The molecule has 0 unspecified atom stereocenters. The third kappa shape index (κ3) is 3.45. The van der Waals surface area contributed by atoms with Crippen molar-refractivity contribution in [3.8, 4) is 0 Å². The van der Waals surface area contributed by atoms with E-state index in [2.05, 4.69) is 15.3 Å². The van der Waals surface area contributed by atoms with Crippen LogP contribution < -0.4 is 10.2 Å². The number of hydrogen-bond acceptors (Lipinski definition) is 5. The number of aromatic nitrogens is 2. The van der Waals surface area contributed by atoms with Crippen molar-refractivity contribution in [2.75, 3.05) is 5.32 Å². The van der Waals surface area contributed by atoms with E-state index < -0.39 is 5.97 Å². The lowest BCUT2D eigenvalue weighted by Gasteiger charge is -2.10. The summed E-state index contributed by atoms with van der Waals surface area (Å²) < 4.78 is 0. The Balaban J connectivity index is 2.21. The van der Waals surface area contributed by atoms with Crippen LogP contribution >= 0.6 is 11.3 Å². The van der Waals surface area contributed by atoms with Gasteiger partial charge in [0.2, 0.25) is 0 Å². The summed E-state index contributed by atoms with van der Waals surface area (Å²) in [5, 5.41) is 13.9. The van der Waals surface area contributed by atoms with Gasteiger partial charge < -0.3 is 15.4 Å². The van der Waals surface area contributed by atoms with E-state index in [0.29, 0.717) is 18.1 Å². The Morgan fingerprint density at radius 1 is 1.50 bits per heavy atom. The predicted molar refractivity (Wildman–Crippen MR) is 77.6 cm³/mol. The molecule has 2 heterocycles. The number of carboxylic acids is 1. The minimum Gasteiger partial charge on any atom is -0.478 e. The van der Waals surface area contributed by atoms with Crippen LogP contribution in [0.25, 0.3) is 0 Å². The molecule has 0 bridgehead atoms. The molecule has 0 spiro atoms. The van der Waals surface area contributed by atoms with Crippen LogP contribution in [0.2, 0.25) is 0 Å². The molecule has 0 saturated carbocycles. The van der Waals surface area contributed by atoms with Crippen LogP contribution in [0.4, 0.5) is 5.82 Å². The van der Waals surface area contributed by atoms with E-state index in [-0.39, 0.29) is 16.4 Å². The molecule has 2 aromatic rings. The monoisotopic (exact) mass is 293 g/mol. The van der Waals surface area contributed by atoms with E-state index >= 15 is 0 Å². The maximum atomic E-state index is 11.1. The Bertz CT molecular complexity index is 675. The number of rotatable bonds is 5. The van der Waals surface area contributed by atoms with Crippen LogP contribution in [0.5, 0.6) is 0 Å². The van der Waals surface area contributed by atoms with Gasteiger partial charge in [-0.05, 0) is 18.1 Å². The van der Waals surface area contributed by atoms with Crippen LogP contribution in [0, 0.1) is 0 Å². The van der Waals surface area contributed by atoms with Crippen LogP contribution in [-0.2, 0) is 6.54 Å². The lowest BCUT2D eigenvalue weighted by Crippen LogP contribution is -2.08. The molecular formula is C13H15N3O3S. The van der Waals surface area contributed by atoms with Gasteiger partial charge in [-0.1, -0.05) is 25.2 Å². The lowest BCUT2D eigenvalue weighted by atomic mass is 10.1. The molecule has 0 atom stereocenters. The maximum absolute atomic E-state index is 11.1. The van der Waals surface area contributed by atoms with Crippen molar-refractivity contribution >= 4 is 23.1 Å². The maximum Gasteiger partial charge on any atom is 0.335 e. The summed E-state index contributed by atoms with van der Waals surface area (Å²) in [4.78, 5) is 29.1. The standard InChI is InChI=1S/C13H15N3O3S/c1-7(2)10-3-8(12(17)18)4-11(16-10)14-5-9-6-20-13(19)15-9/h3-4,6-7H,5H2,1-2H3,(H,14,16)(H,15,19)(H,17,18). The first-order valence-corrected chi connectivity index (χ1v) is 6.99. The van der Waals surface area contributed by atoms with Crippen molar-refractivity contribution in [1.82, 2.24) is 9.97 Å². The van der Waals surface area contributed by atoms with E-state index in [1.165, 1.54) is 6.07 Å². The van der Waals surface area contributed by atoms with Crippen molar-refractivity contribution < 1.29 is 9.90 Å². The van der Waals surface area contributed by atoms with Crippen molar-refractivity contribution in [1.29, 1.82) is 0 Å². The molecule has 0 aromatic carbocycles. The molecule has 0 radical (unpaired) electrons. The number of carboxylic acid groups (broad SMARTS) is 1. The molecule has 106 valence electrons. The smallest absolute Gasteiger partial charge is 0.335 e. The predicted octanol–water partition coefficient (Wildman–Crippen LogP) is 2.27. The highest BCUT2D eigenvalue weighted by molar-refractivity contribution is 7.07. The zero-order valence-corrected chi connectivity index (χ0v) is 12.0. The molecule has 7 heteroatoms. The molecule has 0 amide bonds. The normalized spacial score (nSPS) is 10.8. The Kier molecular flexibility index (Phi) is 4.19. The third-order valence-corrected chi connectivity index (χ3v) is 3.43. The number of nitrogens with zero attached hydrogens (tertiary/aromatic N) is 1. The number of aromatic carboxylic acids is 1. The first-order valence-electron chi connectivity index (χ1n) is 6.11. The van der Waals surface area contributed by atoms with Crippen LogP contribution in [-0.4, -0.2) is 21.0 Å². The zero-order chi connectivity index (χ0) is 14.7. The van der Waals surface area contributed by atoms with Crippen LogP contribution in [0.15, 0.2) is 22.3 Å². The number of thiazole rings is 1. The van der Waals surface area contributed by atoms with Gasteiger partial charge in [-0.15, -0.1) is 0 Å². The first-order chi connectivity index (χ1) is 9.45. The highest BCUT2D eigenvalue weighted by Gasteiger charge is 2.10. The molecule has 0 aliphatic carbocycles. The number of nitrogens with one attached hydrogen (secondary N) is 2. The summed E-state index contributed by atoms with van der Waals surface area (Å²) in [7, 11) is 0. The van der Waals surface area contributed by atoms with E-state index in [1.54, 1.807) is 11.4 Å². The number of hydrogen-bond donors (Lipinski definition) is 3. The summed E-state index contributed by atoms with van der Waals surface area (Å²) in [6.07, 6.45) is 0. The fourth-order valence-electron chi connectivity index (χ4n) is 1.65. The molecule has 2 aromatic heterocycles. The first kappa shape index (κ1) is 14.3. The molecular weight excluding hydrogens is 278 g/mol. The number of anilines is 1. The van der Waals surface area contributed by atoms with Crippen molar-refractivity contribution in [3.63, 3.8) is 0 Å². The van der Waals surface area contributed by atoms with Gasteiger partial charge in [0.05, 0.1) is 12.1 Å². The topological polar surface area (TPSA) is 95.1 Å². The average molecular weight is 293 g/mol. The number of aromatic amines is 1. The van der Waals surface area contributed by atoms with E-state index in [0.717, 1.165) is 17.0 Å². The SMILES string of the molecule is CC(C)c1cc(C(=O)O)cc(NCc2csc(=O)[nH]2)n1. The number of H-pyrrole nitrogens is 1. The van der Waals surface area contributed by atoms with Crippen LogP contribution in [0.3, 0.4) is 0 Å². The fraction of sp³-hybridized carbons (Fsp3) is 0.308. The van der Waals surface area contributed by atoms with Gasteiger partial charge >= 0.3 is 10.8 Å². The van der Waals surface area contributed by atoms with Gasteiger partial charge in [0.1, 0.15) is 5.82 Å². The third-order valence-electron chi connectivity index (χ3n) is 2.71. The van der Waals surface area contributed by atoms with Gasteiger partial charge in [-0.3, -0.25) is 4.79 Å². The minimum atomic E-state index is -0.985. The Morgan fingerprint density at radius 2 is 2.25 bits per heavy atom. The zero-order valence-electron chi connectivity index (χ0n) is 11.1. The quantitative estimate of drug-likeness (QED) is 0.786. The number of carbonyl (C=O) groups is 1. The highest BCUT2D eigenvalue weighted by Crippen LogP contribution is 2.18. The molecule has 3 N–H and O–H groups in total. The minimum absolute atomic E-state index is 0.114. The summed E-state index contributed by atoms with van der Waals surface area (Å²) in [6.45, 7) is 4.30. The summed E-state index contributed by atoms with van der Waals surface area (Å²) in [5.74, 6) is -0.363. The Labute approximate surface area is 119 Å². The van der Waals surface area contributed by atoms with Crippen LogP contribution in [0.1, 0.15) is 41.5 Å². The largest absolute Gasteiger partial charge is 0.478 e. The molecule has 0 fully saturated rings. The van der Waals surface area contributed by atoms with Gasteiger partial charge in [0.25, 0.3) is 0 Å². The second-order valence-corrected chi connectivity index (χ2v) is 5.49. The summed E-state index contributed by atoms with van der Waals surface area (Å²) in [6, 6.07) is 3.06. The second kappa shape index (κ2) is 5.87. The number of pyridine rings is 1. The fourth-order valence-corrected chi connectivity index (χ4v) is 2.23. The average Bonchev–Trinajstić information content (AvgIpc) is 2.81. The van der Waals surface area contributed by atoms with Crippen molar-refractivity contribution in [2.45, 2.75) is 26.3 Å². The second-order valence-electron chi connectivity index (χ2n) is 4.65. The van der Waals surface area contributed by atoms with Gasteiger partial charge in [-0.2, -0.15) is 0 Å². The van der Waals surface area contributed by atoms with Gasteiger partial charge in [-0.25, -0.2) is 9.78 Å². The Hall–Kier alpha value is -2.15. The molecule has 6 nitrogen and oxygen atoms in total. The van der Waals surface area contributed by atoms with Gasteiger partial charge in [0.15, 0.2) is 0 Å². The molecule has 0 aliphatic rings. The lowest BCUT2D eigenvalue weighted by molar-refractivity contribution is 0.0696. The summed E-state index contributed by atoms with van der Waals surface area (Å²) in [5.41, 5.74) is 1.66. The van der Waals surface area contributed by atoms with E-state index in [4.69, 9.17) is 5.11 Å². The molecule has 20 heavy (non-hydrogen) atoms. The van der Waals surface area contributed by atoms with Gasteiger partial charge in [0, 0.05) is 16.8 Å². The molecule has 2 rings (SSSR count). The van der Waals surface area contributed by atoms with Crippen molar-refractivity contribution in [2.24, 2.45) is 0 Å². The van der Waals surface area contributed by atoms with Crippen molar-refractivity contribution in [3.05, 3.63) is 44.1 Å². The molecule has 0 aliphatic heterocycles. The Morgan fingerprint density at radius 3 is 2.80 bits per heavy atom.